The summed E-state index contributed by atoms with van der Waals surface area (Å²) in [6.07, 6.45) is 0. The molecule has 0 heterocycles. The van der Waals surface area contributed by atoms with E-state index in [2.05, 4.69) is 9.47 Å². The van der Waals surface area contributed by atoms with Crippen molar-refractivity contribution in [2.45, 2.75) is 6.92 Å². The number of halogens is 1. The van der Waals surface area contributed by atoms with E-state index in [0.29, 0.717) is 0 Å². The van der Waals surface area contributed by atoms with Crippen molar-refractivity contribution in [1.29, 1.82) is 0 Å². The highest BCUT2D eigenvalue weighted by atomic mass is 19.1. The standard InChI is InChI=1S/C10H10FNO6/c1-3-18-10(14)7-5(12(15)16)4-6(17-2)9(13)8(7)11/h4,13H,3H2,1-2H3. The number of nitrogens with zero attached hydrogens (tertiary/aromatic N) is 1. The van der Waals surface area contributed by atoms with E-state index in [1.54, 1.807) is 0 Å². The van der Waals surface area contributed by atoms with Crippen LogP contribution in [0.2, 0.25) is 0 Å². The predicted molar refractivity (Wildman–Crippen MR) is 57.2 cm³/mol. The smallest absolute Gasteiger partial charge is 0.348 e. The van der Waals surface area contributed by atoms with E-state index in [9.17, 15) is 24.4 Å². The molecule has 7 nitrogen and oxygen atoms in total. The predicted octanol–water partition coefficient (Wildman–Crippen LogP) is 1.62. The molecule has 98 valence electrons. The molecule has 1 N–H and O–H groups in total. The van der Waals surface area contributed by atoms with Gasteiger partial charge in [-0.05, 0) is 6.92 Å². The van der Waals surface area contributed by atoms with Crippen LogP contribution in [0.1, 0.15) is 17.3 Å². The fraction of sp³-hybridized carbons (Fsp3) is 0.300. The molecule has 0 saturated carbocycles. The highest BCUT2D eigenvalue weighted by Gasteiger charge is 2.31. The van der Waals surface area contributed by atoms with Crippen LogP contribution in [0.15, 0.2) is 6.07 Å². The number of esters is 1. The first-order chi connectivity index (χ1) is 8.43. The van der Waals surface area contributed by atoms with Crippen molar-refractivity contribution in [3.05, 3.63) is 27.6 Å². The molecule has 0 amide bonds. The Morgan fingerprint density at radius 1 is 1.61 bits per heavy atom. The fourth-order valence-corrected chi connectivity index (χ4v) is 1.30. The van der Waals surface area contributed by atoms with E-state index in [1.165, 1.54) is 6.92 Å². The Kier molecular flexibility index (Phi) is 4.03. The van der Waals surface area contributed by atoms with Crippen molar-refractivity contribution in [1.82, 2.24) is 0 Å². The fourth-order valence-electron chi connectivity index (χ4n) is 1.30. The van der Waals surface area contributed by atoms with Gasteiger partial charge in [0.15, 0.2) is 22.9 Å². The molecule has 0 spiro atoms. The molecule has 0 aliphatic heterocycles. The number of ether oxygens (including phenoxy) is 2. The molecule has 0 aromatic heterocycles. The van der Waals surface area contributed by atoms with Gasteiger partial charge in [0.05, 0.1) is 24.7 Å². The third kappa shape index (κ3) is 2.31. The molecule has 0 atom stereocenters. The zero-order valence-electron chi connectivity index (χ0n) is 9.60. The zero-order chi connectivity index (χ0) is 13.9. The summed E-state index contributed by atoms with van der Waals surface area (Å²) < 4.78 is 22.8. The van der Waals surface area contributed by atoms with E-state index >= 15 is 0 Å². The Balaban J connectivity index is 3.52. The Morgan fingerprint density at radius 2 is 2.22 bits per heavy atom. The van der Waals surface area contributed by atoms with Crippen LogP contribution in [0.25, 0.3) is 0 Å². The zero-order valence-corrected chi connectivity index (χ0v) is 9.60. The molecule has 1 aromatic rings. The number of benzene rings is 1. The van der Waals surface area contributed by atoms with Crippen molar-refractivity contribution in [3.63, 3.8) is 0 Å². The SMILES string of the molecule is CCOC(=O)c1c([N+](=O)[O-])cc(OC)c(O)c1F. The van der Waals surface area contributed by atoms with Crippen molar-refractivity contribution in [3.8, 4) is 11.5 Å². The van der Waals surface area contributed by atoms with E-state index in [0.717, 1.165) is 13.2 Å². The van der Waals surface area contributed by atoms with Crippen LogP contribution < -0.4 is 4.74 Å². The number of aromatic hydroxyl groups is 1. The lowest BCUT2D eigenvalue weighted by Gasteiger charge is -2.08. The molecule has 0 bridgehead atoms. The van der Waals surface area contributed by atoms with Gasteiger partial charge in [0, 0.05) is 0 Å². The van der Waals surface area contributed by atoms with Crippen molar-refractivity contribution in [2.75, 3.05) is 13.7 Å². The number of nitro benzene ring substituents is 1. The molecule has 0 aliphatic rings. The van der Waals surface area contributed by atoms with Crippen LogP contribution in [0.5, 0.6) is 11.5 Å². The van der Waals surface area contributed by atoms with E-state index in [4.69, 9.17) is 0 Å². The largest absolute Gasteiger partial charge is 0.502 e. The van der Waals surface area contributed by atoms with Crippen LogP contribution in [0.3, 0.4) is 0 Å². The Bertz CT molecular complexity index is 502. The second-order valence-electron chi connectivity index (χ2n) is 3.11. The summed E-state index contributed by atoms with van der Waals surface area (Å²) in [5.74, 6) is -4.09. The maximum atomic E-state index is 13.7. The van der Waals surface area contributed by atoms with Gasteiger partial charge in [0.1, 0.15) is 0 Å². The van der Waals surface area contributed by atoms with Crippen LogP contribution in [-0.4, -0.2) is 29.7 Å². The summed E-state index contributed by atoms with van der Waals surface area (Å²) >= 11 is 0. The van der Waals surface area contributed by atoms with Crippen LogP contribution in [0.4, 0.5) is 10.1 Å². The number of methoxy groups -OCH3 is 1. The van der Waals surface area contributed by atoms with Gasteiger partial charge >= 0.3 is 5.97 Å². The minimum absolute atomic E-state index is 0.0811. The Labute approximate surface area is 101 Å². The lowest BCUT2D eigenvalue weighted by Crippen LogP contribution is -2.11. The van der Waals surface area contributed by atoms with Crippen molar-refractivity contribution in [2.24, 2.45) is 0 Å². The van der Waals surface area contributed by atoms with Crippen LogP contribution >= 0.6 is 0 Å². The van der Waals surface area contributed by atoms with Crippen LogP contribution in [-0.2, 0) is 4.74 Å². The maximum absolute atomic E-state index is 13.7. The third-order valence-corrected chi connectivity index (χ3v) is 2.08. The highest BCUT2D eigenvalue weighted by molar-refractivity contribution is 5.95. The van der Waals surface area contributed by atoms with Gasteiger partial charge in [-0.1, -0.05) is 0 Å². The summed E-state index contributed by atoms with van der Waals surface area (Å²) in [5.41, 5.74) is -1.76. The number of nitro groups is 1. The van der Waals surface area contributed by atoms with Crippen molar-refractivity contribution < 1.29 is 28.7 Å². The molecule has 1 rings (SSSR count). The summed E-state index contributed by atoms with van der Waals surface area (Å²) in [4.78, 5) is 21.2. The number of hydrogen-bond donors (Lipinski definition) is 1. The number of carbonyl (C=O) groups excluding carboxylic acids is 1. The topological polar surface area (TPSA) is 98.9 Å². The summed E-state index contributed by atoms with van der Waals surface area (Å²) in [6.45, 7) is 1.38. The number of hydrogen-bond acceptors (Lipinski definition) is 6. The van der Waals surface area contributed by atoms with Gasteiger partial charge in [-0.3, -0.25) is 10.1 Å². The molecule has 0 radical (unpaired) electrons. The minimum Gasteiger partial charge on any atom is -0.502 e. The third-order valence-electron chi connectivity index (χ3n) is 2.08. The van der Waals surface area contributed by atoms with Crippen molar-refractivity contribution >= 4 is 11.7 Å². The van der Waals surface area contributed by atoms with Gasteiger partial charge < -0.3 is 14.6 Å². The lowest BCUT2D eigenvalue weighted by atomic mass is 10.1. The normalized spacial score (nSPS) is 9.94. The number of phenolic OH excluding ortho intramolecular Hbond substituents is 1. The first kappa shape index (κ1) is 13.7. The first-order valence-electron chi connectivity index (χ1n) is 4.85. The number of carbonyl (C=O) groups is 1. The van der Waals surface area contributed by atoms with Gasteiger partial charge in [-0.15, -0.1) is 0 Å². The molecule has 1 aromatic carbocycles. The Morgan fingerprint density at radius 3 is 2.67 bits per heavy atom. The molecule has 0 aliphatic carbocycles. The number of phenols is 1. The average Bonchev–Trinajstić information content (AvgIpc) is 2.32. The molecule has 8 heteroatoms. The summed E-state index contributed by atoms with van der Waals surface area (Å²) in [6, 6.07) is 0.755. The molecule has 0 fully saturated rings. The molecule has 0 unspecified atom stereocenters. The molecule has 0 saturated heterocycles. The molecular formula is C10H10FNO6. The Hall–Kier alpha value is -2.38. The van der Waals surface area contributed by atoms with Gasteiger partial charge in [-0.2, -0.15) is 0 Å². The highest BCUT2D eigenvalue weighted by Crippen LogP contribution is 2.37. The van der Waals surface area contributed by atoms with Crippen LogP contribution in [0, 0.1) is 15.9 Å². The van der Waals surface area contributed by atoms with Gasteiger partial charge in [0.2, 0.25) is 0 Å². The quantitative estimate of drug-likeness (QED) is 0.501. The first-order valence-corrected chi connectivity index (χ1v) is 4.85. The van der Waals surface area contributed by atoms with E-state index in [1.807, 2.05) is 0 Å². The molecule has 18 heavy (non-hydrogen) atoms. The van der Waals surface area contributed by atoms with E-state index in [-0.39, 0.29) is 6.61 Å². The number of rotatable bonds is 4. The maximum Gasteiger partial charge on any atom is 0.348 e. The summed E-state index contributed by atoms with van der Waals surface area (Å²) in [5, 5.41) is 20.1. The van der Waals surface area contributed by atoms with Gasteiger partial charge in [0.25, 0.3) is 5.69 Å². The second kappa shape index (κ2) is 5.30. The lowest BCUT2D eigenvalue weighted by molar-refractivity contribution is -0.385. The average molecular weight is 259 g/mol. The van der Waals surface area contributed by atoms with Gasteiger partial charge in [-0.25, -0.2) is 9.18 Å². The van der Waals surface area contributed by atoms with E-state index < -0.39 is 39.5 Å². The molecular weight excluding hydrogens is 249 g/mol. The second-order valence-corrected chi connectivity index (χ2v) is 3.11. The summed E-state index contributed by atoms with van der Waals surface area (Å²) in [7, 11) is 1.10. The minimum atomic E-state index is -1.44. The monoisotopic (exact) mass is 259 g/mol.